The second-order valence-corrected chi connectivity index (χ2v) is 11.2. The van der Waals surface area contributed by atoms with Crippen molar-refractivity contribution >= 4 is 12.0 Å². The molecule has 36 heavy (non-hydrogen) atoms. The monoisotopic (exact) mass is 496 g/mol. The van der Waals surface area contributed by atoms with Crippen LogP contribution in [0.5, 0.6) is 5.75 Å². The minimum Gasteiger partial charge on any atom is -0.485 e. The number of aliphatic hydroxyl groups is 1. The molecule has 0 fully saturated rings. The summed E-state index contributed by atoms with van der Waals surface area (Å²) >= 11 is 1.29. The third-order valence-electron chi connectivity index (χ3n) is 7.09. The van der Waals surface area contributed by atoms with Crippen LogP contribution in [0.4, 0.5) is 0 Å². The van der Waals surface area contributed by atoms with E-state index in [0.29, 0.717) is 0 Å². The predicted molar refractivity (Wildman–Crippen MR) is 148 cm³/mol. The lowest BCUT2D eigenvalue weighted by atomic mass is 9.90. The molecule has 1 N–H and O–H groups in total. The van der Waals surface area contributed by atoms with Crippen molar-refractivity contribution in [3.05, 3.63) is 108 Å². The first-order valence-electron chi connectivity index (χ1n) is 12.3. The zero-order valence-electron chi connectivity index (χ0n) is 21.2. The molecule has 0 aromatic heterocycles. The Morgan fingerprint density at radius 2 is 1.36 bits per heavy atom. The third kappa shape index (κ3) is 5.22. The molecule has 4 aromatic carbocycles. The minimum atomic E-state index is -0.948. The van der Waals surface area contributed by atoms with E-state index in [9.17, 15) is 5.11 Å². The van der Waals surface area contributed by atoms with Gasteiger partial charge in [-0.2, -0.15) is 0 Å². The quantitative estimate of drug-likeness (QED) is 0.261. The van der Waals surface area contributed by atoms with Crippen molar-refractivity contribution in [2.24, 2.45) is 0 Å². The Balaban J connectivity index is 1.44. The van der Waals surface area contributed by atoms with Gasteiger partial charge in [0.1, 0.15) is 17.5 Å². The summed E-state index contributed by atoms with van der Waals surface area (Å²) < 4.78 is 12.3. The summed E-state index contributed by atoms with van der Waals surface area (Å²) in [6.07, 6.45) is 0.870. The fraction of sp³-hybridized carbons (Fsp3) is 0.250. The zero-order valence-corrected chi connectivity index (χ0v) is 22.0. The molecule has 0 spiro atoms. The van der Waals surface area contributed by atoms with Gasteiger partial charge in [0.25, 0.3) is 0 Å². The molecule has 1 aliphatic heterocycles. The number of rotatable bonds is 7. The van der Waals surface area contributed by atoms with Crippen LogP contribution in [0.3, 0.4) is 0 Å². The molecule has 5 rings (SSSR count). The van der Waals surface area contributed by atoms with Gasteiger partial charge in [-0.25, -0.2) is 0 Å². The summed E-state index contributed by atoms with van der Waals surface area (Å²) in [7, 11) is 0. The summed E-state index contributed by atoms with van der Waals surface area (Å²) in [5.74, 6) is 0.976. The van der Waals surface area contributed by atoms with Crippen molar-refractivity contribution < 1.29 is 14.0 Å². The predicted octanol–water partition coefficient (Wildman–Crippen LogP) is 8.27. The minimum absolute atomic E-state index is 0.00268. The van der Waals surface area contributed by atoms with Crippen molar-refractivity contribution in [1.82, 2.24) is 0 Å². The average Bonchev–Trinajstić information content (AvgIpc) is 3.32. The van der Waals surface area contributed by atoms with Crippen LogP contribution in [0.2, 0.25) is 0 Å². The molecule has 0 aliphatic carbocycles. The topological polar surface area (TPSA) is 38.7 Å². The third-order valence-corrected chi connectivity index (χ3v) is 8.05. The fourth-order valence-corrected chi connectivity index (χ4v) is 4.88. The summed E-state index contributed by atoms with van der Waals surface area (Å²) in [6, 6.07) is 33.9. The van der Waals surface area contributed by atoms with E-state index in [1.807, 2.05) is 26.0 Å². The van der Waals surface area contributed by atoms with Gasteiger partial charge in [-0.15, -0.1) is 0 Å². The van der Waals surface area contributed by atoms with E-state index in [-0.39, 0.29) is 6.10 Å². The second-order valence-electron chi connectivity index (χ2n) is 10.4. The Hall–Kier alpha value is -3.05. The highest BCUT2D eigenvalue weighted by Gasteiger charge is 2.37. The molecule has 0 bridgehead atoms. The maximum Gasteiger partial charge on any atom is 0.128 e. The van der Waals surface area contributed by atoms with Gasteiger partial charge in [0.05, 0.1) is 5.60 Å². The maximum atomic E-state index is 10.4. The Kier molecular flexibility index (Phi) is 6.69. The van der Waals surface area contributed by atoms with E-state index >= 15 is 0 Å². The number of hydrogen-bond acceptors (Lipinski definition) is 4. The summed E-state index contributed by atoms with van der Waals surface area (Å²) in [4.78, 5) is 0.991. The smallest absolute Gasteiger partial charge is 0.128 e. The van der Waals surface area contributed by atoms with Gasteiger partial charge >= 0.3 is 0 Å². The Labute approximate surface area is 218 Å². The number of ether oxygens (including phenoxy) is 1. The van der Waals surface area contributed by atoms with Crippen LogP contribution in [-0.4, -0.2) is 16.3 Å². The summed E-state index contributed by atoms with van der Waals surface area (Å²) in [6.45, 7) is 7.32. The van der Waals surface area contributed by atoms with Gasteiger partial charge in [-0.3, -0.25) is 0 Å². The normalized spacial score (nSPS) is 15.4. The van der Waals surface area contributed by atoms with Crippen molar-refractivity contribution in [3.8, 4) is 28.0 Å². The standard InChI is InChI=1S/C32H32O3S/c1-31(2,33)32(3,4)35-36-28-16-14-23(15-17-28)26-18-25(22-10-6-5-7-11-22)19-27(20-26)30-21-24-12-8-9-13-29(24)34-30/h5-20,30,33H,21H2,1-4H3. The molecule has 1 unspecified atom stereocenters. The lowest BCUT2D eigenvalue weighted by Crippen LogP contribution is -2.45. The molecular formula is C32H32O3S. The molecule has 184 valence electrons. The summed E-state index contributed by atoms with van der Waals surface area (Å²) in [5.41, 5.74) is 5.45. The van der Waals surface area contributed by atoms with Crippen LogP contribution in [0.25, 0.3) is 22.3 Å². The van der Waals surface area contributed by atoms with Gasteiger partial charge < -0.3 is 14.0 Å². The van der Waals surface area contributed by atoms with Crippen LogP contribution in [0.15, 0.2) is 102 Å². The van der Waals surface area contributed by atoms with Crippen molar-refractivity contribution in [3.63, 3.8) is 0 Å². The molecule has 4 heteroatoms. The number of hydrogen-bond donors (Lipinski definition) is 1. The van der Waals surface area contributed by atoms with Crippen LogP contribution in [0.1, 0.15) is 44.9 Å². The molecule has 0 saturated carbocycles. The Morgan fingerprint density at radius 3 is 2.00 bits per heavy atom. The van der Waals surface area contributed by atoms with Crippen molar-refractivity contribution in [1.29, 1.82) is 0 Å². The van der Waals surface area contributed by atoms with Gasteiger partial charge in [-0.1, -0.05) is 60.7 Å². The Bertz CT molecular complexity index is 1310. The van der Waals surface area contributed by atoms with Crippen molar-refractivity contribution in [2.45, 2.75) is 56.3 Å². The van der Waals surface area contributed by atoms with E-state index in [4.69, 9.17) is 8.92 Å². The first-order valence-corrected chi connectivity index (χ1v) is 13.1. The number of para-hydroxylation sites is 1. The average molecular weight is 497 g/mol. The van der Waals surface area contributed by atoms with Gasteiger partial charge in [0.15, 0.2) is 0 Å². The van der Waals surface area contributed by atoms with Gasteiger partial charge in [0.2, 0.25) is 0 Å². The molecule has 0 saturated heterocycles. The largest absolute Gasteiger partial charge is 0.485 e. The molecule has 3 nitrogen and oxygen atoms in total. The van der Waals surface area contributed by atoms with E-state index in [1.165, 1.54) is 34.3 Å². The van der Waals surface area contributed by atoms with E-state index in [0.717, 1.165) is 28.2 Å². The molecular weight excluding hydrogens is 464 g/mol. The molecule has 1 aliphatic rings. The Morgan fingerprint density at radius 1 is 0.750 bits per heavy atom. The number of fused-ring (bicyclic) bond motifs is 1. The zero-order chi connectivity index (χ0) is 25.3. The molecule has 1 atom stereocenters. The number of benzene rings is 4. The van der Waals surface area contributed by atoms with E-state index < -0.39 is 11.2 Å². The van der Waals surface area contributed by atoms with Crippen LogP contribution in [-0.2, 0) is 10.6 Å². The van der Waals surface area contributed by atoms with Crippen LogP contribution in [0, 0.1) is 0 Å². The van der Waals surface area contributed by atoms with Gasteiger partial charge in [-0.05, 0) is 97.5 Å². The first-order chi connectivity index (χ1) is 17.2. The van der Waals surface area contributed by atoms with Crippen LogP contribution < -0.4 is 4.74 Å². The van der Waals surface area contributed by atoms with Crippen LogP contribution >= 0.6 is 12.0 Å². The van der Waals surface area contributed by atoms with E-state index in [2.05, 4.69) is 84.9 Å². The molecule has 4 aromatic rings. The summed E-state index contributed by atoms with van der Waals surface area (Å²) in [5, 5.41) is 10.4. The SMILES string of the molecule is CC(C)(O)C(C)(C)OSc1ccc(-c2cc(-c3ccccc3)cc(C3Cc4ccccc4O3)c2)cc1. The lowest BCUT2D eigenvalue weighted by molar-refractivity contribution is -0.0813. The highest BCUT2D eigenvalue weighted by molar-refractivity contribution is 7.94. The highest BCUT2D eigenvalue weighted by Crippen LogP contribution is 2.40. The fourth-order valence-electron chi connectivity index (χ4n) is 4.13. The van der Waals surface area contributed by atoms with E-state index in [1.54, 1.807) is 13.8 Å². The molecule has 1 heterocycles. The molecule has 0 radical (unpaired) electrons. The van der Waals surface area contributed by atoms with Gasteiger partial charge in [0, 0.05) is 23.4 Å². The van der Waals surface area contributed by atoms with Crippen molar-refractivity contribution in [2.75, 3.05) is 0 Å². The first kappa shape index (κ1) is 24.6. The molecule has 0 amide bonds. The maximum absolute atomic E-state index is 10.4. The lowest BCUT2D eigenvalue weighted by Gasteiger charge is -2.35. The highest BCUT2D eigenvalue weighted by atomic mass is 32.2. The second kappa shape index (κ2) is 9.78.